The Morgan fingerprint density at radius 3 is 2.75 bits per heavy atom. The van der Waals surface area contributed by atoms with Crippen LogP contribution in [0.4, 0.5) is 4.39 Å². The van der Waals surface area contributed by atoms with Gasteiger partial charge in [-0.15, -0.1) is 0 Å². The average molecular weight is 223 g/mol. The highest BCUT2D eigenvalue weighted by molar-refractivity contribution is 5.84. The minimum atomic E-state index is -2.51. The molecule has 0 bridgehead atoms. The first-order chi connectivity index (χ1) is 8.84. The zero-order valence-electron chi connectivity index (χ0n) is 11.3. The topological polar surface area (TPSA) is 60.7 Å². The number of rotatable bonds is 2. The van der Waals surface area contributed by atoms with Crippen molar-refractivity contribution in [1.29, 1.82) is 0 Å². The van der Waals surface area contributed by atoms with Crippen LogP contribution in [0.15, 0.2) is 12.4 Å². The van der Waals surface area contributed by atoms with Gasteiger partial charge in [0.1, 0.15) is 5.69 Å². The fourth-order valence-corrected chi connectivity index (χ4v) is 1.32. The van der Waals surface area contributed by atoms with Crippen LogP contribution in [-0.2, 0) is 6.98 Å². The van der Waals surface area contributed by atoms with Gasteiger partial charge in [0.15, 0.2) is 17.9 Å². The number of nitrogens with zero attached hydrogens (tertiary/aromatic N) is 4. The second-order valence-corrected chi connectivity index (χ2v) is 3.10. The van der Waals surface area contributed by atoms with Gasteiger partial charge in [0, 0.05) is 16.8 Å². The Morgan fingerprint density at radius 1 is 1.50 bits per heavy atom. The van der Waals surface area contributed by atoms with Crippen LogP contribution in [0.2, 0.25) is 0 Å². The molecule has 2 rings (SSSR count). The highest BCUT2D eigenvalue weighted by Gasteiger charge is 2.16. The molecule has 0 radical (unpaired) electrons. The first-order valence-electron chi connectivity index (χ1n) is 5.88. The van der Waals surface area contributed by atoms with Crippen LogP contribution in [0.1, 0.15) is 20.3 Å². The molecule has 0 N–H and O–H groups in total. The number of carbonyl (C=O) groups is 1. The number of aromatic nitrogens is 4. The fraction of sp³-hybridized carbons (Fsp3) is 0.200. The molecule has 0 atom stereocenters. The second-order valence-electron chi connectivity index (χ2n) is 3.10. The van der Waals surface area contributed by atoms with E-state index in [2.05, 4.69) is 15.1 Å². The molecule has 0 aliphatic heterocycles. The lowest BCUT2D eigenvalue weighted by Gasteiger charge is -1.99. The molecule has 82 valence electrons. The first-order valence-corrected chi connectivity index (χ1v) is 4.38. The van der Waals surface area contributed by atoms with E-state index in [9.17, 15) is 9.18 Å². The van der Waals surface area contributed by atoms with Crippen molar-refractivity contribution in [2.45, 2.75) is 6.92 Å². The number of halogens is 1. The van der Waals surface area contributed by atoms with E-state index in [0.717, 1.165) is 17.1 Å². The van der Waals surface area contributed by atoms with Crippen LogP contribution in [0, 0.1) is 12.7 Å². The summed E-state index contributed by atoms with van der Waals surface area (Å²) in [6.45, 7) is -1.03. The van der Waals surface area contributed by atoms with Gasteiger partial charge in [0.05, 0.1) is 18.0 Å². The lowest BCUT2D eigenvalue weighted by Crippen LogP contribution is -1.94. The Hall–Kier alpha value is -2.11. The van der Waals surface area contributed by atoms with Gasteiger partial charge in [-0.1, -0.05) is 0 Å². The monoisotopic (exact) mass is 223 g/mol. The van der Waals surface area contributed by atoms with E-state index < -0.39 is 12.8 Å². The third-order valence-electron chi connectivity index (χ3n) is 2.10. The van der Waals surface area contributed by atoms with E-state index in [1.165, 1.54) is 6.92 Å². The van der Waals surface area contributed by atoms with E-state index in [4.69, 9.17) is 4.11 Å². The van der Waals surface area contributed by atoms with E-state index in [-0.39, 0.29) is 22.8 Å². The molecule has 16 heavy (non-hydrogen) atoms. The molecule has 2 aromatic rings. The van der Waals surface area contributed by atoms with Gasteiger partial charge < -0.3 is 0 Å². The molecular weight excluding hydrogens is 211 g/mol. The summed E-state index contributed by atoms with van der Waals surface area (Å²) < 4.78 is 35.5. The fourth-order valence-electron chi connectivity index (χ4n) is 1.32. The third kappa shape index (κ3) is 1.58. The van der Waals surface area contributed by atoms with Crippen molar-refractivity contribution >= 4 is 6.29 Å². The molecule has 0 saturated heterocycles. The summed E-state index contributed by atoms with van der Waals surface area (Å²) in [4.78, 5) is 18.4. The van der Waals surface area contributed by atoms with Crippen LogP contribution in [0.5, 0.6) is 0 Å². The Labute approximate surface area is 95.2 Å². The Morgan fingerprint density at radius 2 is 2.19 bits per heavy atom. The summed E-state index contributed by atoms with van der Waals surface area (Å²) in [5.41, 5.74) is 0.306. The summed E-state index contributed by atoms with van der Waals surface area (Å²) in [7, 11) is 0. The van der Waals surface area contributed by atoms with Crippen LogP contribution in [0.25, 0.3) is 11.4 Å². The van der Waals surface area contributed by atoms with Crippen LogP contribution >= 0.6 is 0 Å². The van der Waals surface area contributed by atoms with Gasteiger partial charge in [0.25, 0.3) is 0 Å². The Balaban J connectivity index is 2.66. The molecule has 0 unspecified atom stereocenters. The summed E-state index contributed by atoms with van der Waals surface area (Å²) in [5, 5.41) is 3.71. The molecule has 0 amide bonds. The van der Waals surface area contributed by atoms with Crippen molar-refractivity contribution in [3.8, 4) is 11.4 Å². The van der Waals surface area contributed by atoms with Gasteiger partial charge in [0.2, 0.25) is 0 Å². The van der Waals surface area contributed by atoms with Gasteiger partial charge in [-0.25, -0.2) is 14.4 Å². The van der Waals surface area contributed by atoms with Gasteiger partial charge in [-0.3, -0.25) is 9.48 Å². The second kappa shape index (κ2) is 3.80. The molecule has 0 spiro atoms. The number of carbonyl (C=O) groups excluding carboxylic acids is 1. The predicted molar refractivity (Wildman–Crippen MR) is 54.3 cm³/mol. The van der Waals surface area contributed by atoms with E-state index >= 15 is 0 Å². The number of hydrogen-bond donors (Lipinski definition) is 0. The molecular formula is C10H9FN4O. The molecule has 0 aliphatic carbocycles. The maximum atomic E-state index is 12.8. The molecule has 0 aromatic carbocycles. The van der Waals surface area contributed by atoms with Gasteiger partial charge in [-0.05, 0) is 6.92 Å². The zero-order chi connectivity index (χ0) is 14.2. The molecule has 0 aliphatic rings. The van der Waals surface area contributed by atoms with Crippen molar-refractivity contribution in [3.05, 3.63) is 29.6 Å². The van der Waals surface area contributed by atoms with Crippen LogP contribution in [0.3, 0.4) is 0 Å². The highest BCUT2D eigenvalue weighted by atomic mass is 19.1. The Kier molecular flexibility index (Phi) is 1.71. The Bertz CT molecular complexity index is 621. The van der Waals surface area contributed by atoms with Crippen molar-refractivity contribution in [3.63, 3.8) is 0 Å². The average Bonchev–Trinajstić information content (AvgIpc) is 2.67. The number of hydrogen-bond acceptors (Lipinski definition) is 4. The minimum Gasteiger partial charge on any atom is -0.296 e. The van der Waals surface area contributed by atoms with E-state index in [1.54, 1.807) is 0 Å². The van der Waals surface area contributed by atoms with Crippen molar-refractivity contribution in [1.82, 2.24) is 19.7 Å². The molecule has 6 heteroatoms. The summed E-state index contributed by atoms with van der Waals surface area (Å²) in [6, 6.07) is 0. The van der Waals surface area contributed by atoms with Crippen molar-refractivity contribution in [2.24, 2.45) is 6.98 Å². The number of aryl methyl sites for hydroxylation is 1. The lowest BCUT2D eigenvalue weighted by atomic mass is 10.2. The maximum absolute atomic E-state index is 12.8. The summed E-state index contributed by atoms with van der Waals surface area (Å²) in [5.74, 6) is -0.575. The van der Waals surface area contributed by atoms with Gasteiger partial charge in [-0.2, -0.15) is 5.10 Å². The molecule has 0 fully saturated rings. The predicted octanol–water partition coefficient (Wildman–Crippen LogP) is 1.14. The minimum absolute atomic E-state index is 0.0523. The SMILES string of the molecule is [2H]C([2H])([2H])n1nc(C=O)c(-c2ncc(F)cn2)c1C. The molecule has 2 aromatic heterocycles. The van der Waals surface area contributed by atoms with Crippen LogP contribution in [-0.4, -0.2) is 26.0 Å². The zero-order valence-corrected chi connectivity index (χ0v) is 8.31. The molecule has 2 heterocycles. The number of aldehydes is 1. The first kappa shape index (κ1) is 7.21. The normalized spacial score (nSPS) is 14.0. The summed E-state index contributed by atoms with van der Waals surface area (Å²) in [6.07, 6.45) is 2.28. The van der Waals surface area contributed by atoms with Gasteiger partial charge >= 0.3 is 0 Å². The largest absolute Gasteiger partial charge is 0.296 e. The molecule has 0 saturated carbocycles. The third-order valence-corrected chi connectivity index (χ3v) is 2.10. The van der Waals surface area contributed by atoms with E-state index in [0.29, 0.717) is 6.29 Å². The summed E-state index contributed by atoms with van der Waals surface area (Å²) >= 11 is 0. The van der Waals surface area contributed by atoms with E-state index in [1.807, 2.05) is 0 Å². The van der Waals surface area contributed by atoms with Crippen molar-refractivity contribution in [2.75, 3.05) is 0 Å². The smallest absolute Gasteiger partial charge is 0.171 e. The highest BCUT2D eigenvalue weighted by Crippen LogP contribution is 2.21. The quantitative estimate of drug-likeness (QED) is 0.716. The lowest BCUT2D eigenvalue weighted by molar-refractivity contribution is 0.111. The standard InChI is InChI=1S/C10H9FN4O/c1-6-9(8(5-16)14-15(6)2)10-12-3-7(11)4-13-10/h3-5H,1-2H3/i2D3. The molecule has 5 nitrogen and oxygen atoms in total. The maximum Gasteiger partial charge on any atom is 0.171 e. The van der Waals surface area contributed by atoms with Crippen molar-refractivity contribution < 1.29 is 13.3 Å². The van der Waals surface area contributed by atoms with Crippen LogP contribution < -0.4 is 0 Å².